The number of carbonyl (C=O) groups is 1. The molecule has 0 aliphatic carbocycles. The van der Waals surface area contributed by atoms with Gasteiger partial charge in [0.1, 0.15) is 0 Å². The van der Waals surface area contributed by atoms with Gasteiger partial charge < -0.3 is 9.64 Å². The minimum atomic E-state index is 0.228. The van der Waals surface area contributed by atoms with E-state index in [1.54, 1.807) is 19.4 Å². The number of fused-ring (bicyclic) bond motifs is 2. The Morgan fingerprint density at radius 1 is 1.38 bits per heavy atom. The molecule has 1 aromatic rings. The van der Waals surface area contributed by atoms with E-state index in [1.807, 2.05) is 6.07 Å². The van der Waals surface area contributed by atoms with E-state index in [0.717, 1.165) is 25.1 Å². The van der Waals surface area contributed by atoms with Gasteiger partial charge in [0.05, 0.1) is 13.5 Å². The first-order valence-electron chi connectivity index (χ1n) is 7.62. The van der Waals surface area contributed by atoms with E-state index in [1.165, 1.54) is 0 Å². The molecular weight excluding hydrogens is 266 g/mol. The second-order valence-electron chi connectivity index (χ2n) is 6.28. The summed E-state index contributed by atoms with van der Waals surface area (Å²) >= 11 is 0. The fourth-order valence-corrected chi connectivity index (χ4v) is 3.37. The molecule has 2 saturated heterocycles. The van der Waals surface area contributed by atoms with E-state index in [2.05, 4.69) is 28.6 Å². The summed E-state index contributed by atoms with van der Waals surface area (Å²) in [4.78, 5) is 21.2. The molecule has 21 heavy (non-hydrogen) atoms. The van der Waals surface area contributed by atoms with Crippen LogP contribution in [0.2, 0.25) is 0 Å². The van der Waals surface area contributed by atoms with Gasteiger partial charge in [-0.1, -0.05) is 6.07 Å². The van der Waals surface area contributed by atoms with E-state index >= 15 is 0 Å². The highest BCUT2D eigenvalue weighted by atomic mass is 16.5. The summed E-state index contributed by atoms with van der Waals surface area (Å²) in [5, 5.41) is 0. The number of likely N-dealkylation sites (tertiary alicyclic amines) is 2. The Kier molecular flexibility index (Phi) is 3.85. The SMILES string of the molecule is COc1ccc(CC(=O)N2C3CC2CN(C(C)C)C3)cn1. The van der Waals surface area contributed by atoms with Crippen LogP contribution in [0.3, 0.4) is 0 Å². The number of hydrogen-bond acceptors (Lipinski definition) is 4. The molecule has 2 fully saturated rings. The fourth-order valence-electron chi connectivity index (χ4n) is 3.37. The molecule has 2 aliphatic heterocycles. The third kappa shape index (κ3) is 2.75. The van der Waals surface area contributed by atoms with Crippen molar-refractivity contribution in [2.75, 3.05) is 20.2 Å². The molecule has 2 atom stereocenters. The van der Waals surface area contributed by atoms with Crippen molar-refractivity contribution >= 4 is 5.91 Å². The zero-order chi connectivity index (χ0) is 15.0. The van der Waals surface area contributed by atoms with Gasteiger partial charge >= 0.3 is 0 Å². The normalized spacial score (nSPS) is 24.9. The third-order valence-corrected chi connectivity index (χ3v) is 4.60. The van der Waals surface area contributed by atoms with Crippen molar-refractivity contribution in [2.45, 2.75) is 44.8 Å². The zero-order valence-corrected chi connectivity index (χ0v) is 13.0. The lowest BCUT2D eigenvalue weighted by Gasteiger charge is -2.57. The van der Waals surface area contributed by atoms with E-state index in [9.17, 15) is 4.79 Å². The number of ether oxygens (including phenoxy) is 1. The number of aromatic nitrogens is 1. The fraction of sp³-hybridized carbons (Fsp3) is 0.625. The quantitative estimate of drug-likeness (QED) is 0.839. The number of pyridine rings is 1. The van der Waals surface area contributed by atoms with Gasteiger partial charge in [-0.15, -0.1) is 0 Å². The maximum Gasteiger partial charge on any atom is 0.227 e. The van der Waals surface area contributed by atoms with Crippen LogP contribution in [0.5, 0.6) is 5.88 Å². The zero-order valence-electron chi connectivity index (χ0n) is 13.0. The van der Waals surface area contributed by atoms with Gasteiger partial charge in [0.2, 0.25) is 11.8 Å². The largest absolute Gasteiger partial charge is 0.481 e. The Balaban J connectivity index is 1.59. The molecular formula is C16H23N3O2. The first-order chi connectivity index (χ1) is 10.1. The second kappa shape index (κ2) is 5.64. The van der Waals surface area contributed by atoms with Crippen LogP contribution in [0, 0.1) is 0 Å². The topological polar surface area (TPSA) is 45.7 Å². The van der Waals surface area contributed by atoms with Gasteiger partial charge in [0.25, 0.3) is 0 Å². The van der Waals surface area contributed by atoms with E-state index in [-0.39, 0.29) is 5.91 Å². The molecule has 0 N–H and O–H groups in total. The summed E-state index contributed by atoms with van der Waals surface area (Å²) < 4.78 is 5.04. The first-order valence-corrected chi connectivity index (χ1v) is 7.62. The highest BCUT2D eigenvalue weighted by Gasteiger charge is 2.47. The van der Waals surface area contributed by atoms with Crippen LogP contribution in [0.25, 0.3) is 0 Å². The van der Waals surface area contributed by atoms with Crippen LogP contribution in [0.4, 0.5) is 0 Å². The molecule has 0 aromatic carbocycles. The van der Waals surface area contributed by atoms with Crippen molar-refractivity contribution < 1.29 is 9.53 Å². The summed E-state index contributed by atoms with van der Waals surface area (Å²) in [7, 11) is 1.59. The van der Waals surface area contributed by atoms with Crippen molar-refractivity contribution in [2.24, 2.45) is 0 Å². The van der Waals surface area contributed by atoms with Crippen molar-refractivity contribution in [1.29, 1.82) is 0 Å². The average molecular weight is 289 g/mol. The molecule has 2 bridgehead atoms. The molecule has 3 rings (SSSR count). The number of carbonyl (C=O) groups excluding carboxylic acids is 1. The lowest BCUT2D eigenvalue weighted by Crippen LogP contribution is -2.71. The molecule has 3 heterocycles. The average Bonchev–Trinajstić information content (AvgIpc) is 2.48. The molecule has 114 valence electrons. The summed E-state index contributed by atoms with van der Waals surface area (Å²) in [6.45, 7) is 6.47. The summed E-state index contributed by atoms with van der Waals surface area (Å²) in [5.41, 5.74) is 0.950. The molecule has 5 nitrogen and oxygen atoms in total. The number of piperazine rings is 1. The van der Waals surface area contributed by atoms with Gasteiger partial charge in [-0.25, -0.2) is 4.98 Å². The lowest BCUT2D eigenvalue weighted by molar-refractivity contribution is -0.154. The molecule has 5 heteroatoms. The van der Waals surface area contributed by atoms with E-state index in [0.29, 0.717) is 30.4 Å². The van der Waals surface area contributed by atoms with Crippen LogP contribution < -0.4 is 4.74 Å². The van der Waals surface area contributed by atoms with Gasteiger partial charge in [-0.3, -0.25) is 9.69 Å². The van der Waals surface area contributed by atoms with Crippen molar-refractivity contribution in [3.05, 3.63) is 23.9 Å². The van der Waals surface area contributed by atoms with Crippen LogP contribution in [0.1, 0.15) is 25.8 Å². The number of nitrogens with zero attached hydrogens (tertiary/aromatic N) is 3. The third-order valence-electron chi connectivity index (χ3n) is 4.60. The molecule has 0 radical (unpaired) electrons. The van der Waals surface area contributed by atoms with E-state index in [4.69, 9.17) is 4.74 Å². The summed E-state index contributed by atoms with van der Waals surface area (Å²) in [5.74, 6) is 0.811. The summed E-state index contributed by atoms with van der Waals surface area (Å²) in [6, 6.07) is 5.10. The smallest absolute Gasteiger partial charge is 0.227 e. The number of amides is 1. The molecule has 0 saturated carbocycles. The molecule has 0 spiro atoms. The van der Waals surface area contributed by atoms with Crippen LogP contribution >= 0.6 is 0 Å². The monoisotopic (exact) mass is 289 g/mol. The Bertz CT molecular complexity index is 503. The molecule has 1 aromatic heterocycles. The van der Waals surface area contributed by atoms with Crippen molar-refractivity contribution in [3.8, 4) is 5.88 Å². The maximum atomic E-state index is 12.5. The number of rotatable bonds is 4. The van der Waals surface area contributed by atoms with Crippen LogP contribution in [0.15, 0.2) is 18.3 Å². The Morgan fingerprint density at radius 3 is 2.62 bits per heavy atom. The Morgan fingerprint density at radius 2 is 2.10 bits per heavy atom. The minimum absolute atomic E-state index is 0.228. The van der Waals surface area contributed by atoms with Crippen LogP contribution in [-0.2, 0) is 11.2 Å². The standard InChI is InChI=1S/C16H23N3O2/c1-11(2)18-9-13-7-14(10-18)19(13)16(20)6-12-4-5-15(21-3)17-8-12/h4-5,8,11,13-14H,6-7,9-10H2,1-3H3. The number of methoxy groups -OCH3 is 1. The molecule has 2 unspecified atom stereocenters. The first kappa shape index (κ1) is 14.3. The highest BCUT2D eigenvalue weighted by molar-refractivity contribution is 5.80. The minimum Gasteiger partial charge on any atom is -0.481 e. The maximum absolute atomic E-state index is 12.5. The van der Waals surface area contributed by atoms with Gasteiger partial charge in [-0.2, -0.15) is 0 Å². The van der Waals surface area contributed by atoms with E-state index < -0.39 is 0 Å². The molecule has 1 amide bonds. The van der Waals surface area contributed by atoms with Crippen LogP contribution in [-0.4, -0.2) is 59.0 Å². The van der Waals surface area contributed by atoms with Gasteiger partial charge in [-0.05, 0) is 25.8 Å². The highest BCUT2D eigenvalue weighted by Crippen LogP contribution is 2.33. The number of hydrogen-bond donors (Lipinski definition) is 0. The summed E-state index contributed by atoms with van der Waals surface area (Å²) in [6.07, 6.45) is 3.33. The van der Waals surface area contributed by atoms with Crippen molar-refractivity contribution in [1.82, 2.24) is 14.8 Å². The Hall–Kier alpha value is -1.62. The van der Waals surface area contributed by atoms with Gasteiger partial charge in [0, 0.05) is 43.5 Å². The number of piperidine rings is 1. The molecule has 2 aliphatic rings. The predicted molar refractivity (Wildman–Crippen MR) is 80.2 cm³/mol. The lowest BCUT2D eigenvalue weighted by atomic mass is 9.86. The predicted octanol–water partition coefficient (Wildman–Crippen LogP) is 1.33. The Labute approximate surface area is 125 Å². The van der Waals surface area contributed by atoms with Crippen molar-refractivity contribution in [3.63, 3.8) is 0 Å². The van der Waals surface area contributed by atoms with Gasteiger partial charge in [0.15, 0.2) is 0 Å². The second-order valence-corrected chi connectivity index (χ2v) is 6.28.